The molecular formula is C21H23FN2O3. The average molecular weight is 370 g/mol. The maximum atomic E-state index is 13.3. The molecule has 6 heteroatoms. The summed E-state index contributed by atoms with van der Waals surface area (Å²) in [6, 6.07) is 14.5. The standard InChI is InChI=1S/C21H23FN2O3/c1-2-3-13-21(16-9-11-17(22)12-10-16)19(25)24(20(26)23-21)14-15-27-18-7-5-4-6-8-18/h4-12H,2-3,13-15H2,1H3,(H,23,26)/t21-/m1/s1. The normalized spacial score (nSPS) is 19.3. The molecule has 3 amide bonds. The second kappa shape index (κ2) is 8.20. The fourth-order valence-electron chi connectivity index (χ4n) is 3.29. The predicted molar refractivity (Wildman–Crippen MR) is 99.8 cm³/mol. The Morgan fingerprint density at radius 2 is 1.78 bits per heavy atom. The first-order valence-electron chi connectivity index (χ1n) is 9.15. The van der Waals surface area contributed by atoms with Gasteiger partial charge in [-0.3, -0.25) is 9.69 Å². The van der Waals surface area contributed by atoms with Crippen LogP contribution in [0.1, 0.15) is 31.7 Å². The van der Waals surface area contributed by atoms with E-state index in [1.807, 2.05) is 37.3 Å². The minimum atomic E-state index is -1.15. The average Bonchev–Trinajstić information content (AvgIpc) is 2.93. The number of nitrogens with one attached hydrogen (secondary N) is 1. The molecule has 1 aliphatic rings. The topological polar surface area (TPSA) is 58.6 Å². The highest BCUT2D eigenvalue weighted by Gasteiger charge is 2.51. The molecule has 0 unspecified atom stereocenters. The third-order valence-corrected chi connectivity index (χ3v) is 4.74. The van der Waals surface area contributed by atoms with Crippen LogP contribution in [0, 0.1) is 5.82 Å². The van der Waals surface area contributed by atoms with E-state index in [1.165, 1.54) is 17.0 Å². The summed E-state index contributed by atoms with van der Waals surface area (Å²) < 4.78 is 18.9. The molecule has 3 rings (SSSR count). The van der Waals surface area contributed by atoms with E-state index < -0.39 is 11.6 Å². The number of hydrogen-bond donors (Lipinski definition) is 1. The number of amides is 3. The molecular weight excluding hydrogens is 347 g/mol. The molecule has 27 heavy (non-hydrogen) atoms. The fraction of sp³-hybridized carbons (Fsp3) is 0.333. The van der Waals surface area contributed by atoms with Crippen molar-refractivity contribution in [3.63, 3.8) is 0 Å². The number of ether oxygens (including phenoxy) is 1. The van der Waals surface area contributed by atoms with Crippen molar-refractivity contribution in [3.8, 4) is 5.75 Å². The second-order valence-corrected chi connectivity index (χ2v) is 6.56. The Labute approximate surface area is 158 Å². The largest absolute Gasteiger partial charge is 0.492 e. The quantitative estimate of drug-likeness (QED) is 0.718. The summed E-state index contributed by atoms with van der Waals surface area (Å²) in [4.78, 5) is 26.9. The van der Waals surface area contributed by atoms with Crippen LogP contribution < -0.4 is 10.1 Å². The van der Waals surface area contributed by atoms with Crippen LogP contribution in [-0.2, 0) is 10.3 Å². The molecule has 1 fully saturated rings. The predicted octanol–water partition coefficient (Wildman–Crippen LogP) is 3.84. The number of imide groups is 1. The number of rotatable bonds is 8. The lowest BCUT2D eigenvalue weighted by Gasteiger charge is -2.27. The Morgan fingerprint density at radius 1 is 1.07 bits per heavy atom. The first kappa shape index (κ1) is 18.9. The highest BCUT2D eigenvalue weighted by atomic mass is 19.1. The summed E-state index contributed by atoms with van der Waals surface area (Å²) in [5.74, 6) is -0.0150. The van der Waals surface area contributed by atoms with E-state index in [0.29, 0.717) is 17.7 Å². The van der Waals surface area contributed by atoms with Crippen LogP contribution in [0.4, 0.5) is 9.18 Å². The maximum Gasteiger partial charge on any atom is 0.325 e. The Kier molecular flexibility index (Phi) is 5.74. The van der Waals surface area contributed by atoms with Crippen molar-refractivity contribution in [2.24, 2.45) is 0 Å². The van der Waals surface area contributed by atoms with Gasteiger partial charge in [0.1, 0.15) is 23.7 Å². The first-order valence-corrected chi connectivity index (χ1v) is 9.15. The lowest BCUT2D eigenvalue weighted by atomic mass is 9.85. The summed E-state index contributed by atoms with van der Waals surface area (Å²) >= 11 is 0. The van der Waals surface area contributed by atoms with Crippen molar-refractivity contribution < 1.29 is 18.7 Å². The summed E-state index contributed by atoms with van der Waals surface area (Å²) in [5.41, 5.74) is -0.546. The van der Waals surface area contributed by atoms with Crippen LogP contribution >= 0.6 is 0 Å². The van der Waals surface area contributed by atoms with Crippen molar-refractivity contribution in [2.75, 3.05) is 13.2 Å². The Balaban J connectivity index is 1.76. The molecule has 0 radical (unpaired) electrons. The molecule has 2 aromatic carbocycles. The molecule has 0 bridgehead atoms. The summed E-state index contributed by atoms with van der Waals surface area (Å²) in [6.45, 7) is 2.37. The van der Waals surface area contributed by atoms with E-state index in [4.69, 9.17) is 4.74 Å². The monoisotopic (exact) mass is 370 g/mol. The van der Waals surface area contributed by atoms with E-state index in [1.54, 1.807) is 12.1 Å². The van der Waals surface area contributed by atoms with Gasteiger partial charge < -0.3 is 10.1 Å². The van der Waals surface area contributed by atoms with Crippen molar-refractivity contribution in [2.45, 2.75) is 31.7 Å². The zero-order valence-electron chi connectivity index (χ0n) is 15.3. The van der Waals surface area contributed by atoms with Crippen LogP contribution in [0.3, 0.4) is 0 Å². The summed E-state index contributed by atoms with van der Waals surface area (Å²) in [7, 11) is 0. The number of carbonyl (C=O) groups excluding carboxylic acids is 2. The molecule has 1 atom stereocenters. The Bertz CT molecular complexity index is 795. The van der Waals surface area contributed by atoms with Gasteiger partial charge in [0.15, 0.2) is 0 Å². The number of halogens is 1. The number of benzene rings is 2. The molecule has 5 nitrogen and oxygen atoms in total. The molecule has 2 aromatic rings. The highest BCUT2D eigenvalue weighted by molar-refractivity contribution is 6.07. The van der Waals surface area contributed by atoms with Crippen molar-refractivity contribution in [3.05, 3.63) is 66.0 Å². The minimum Gasteiger partial charge on any atom is -0.492 e. The first-order chi connectivity index (χ1) is 13.1. The molecule has 1 aliphatic heterocycles. The molecule has 0 aromatic heterocycles. The number of carbonyl (C=O) groups is 2. The molecule has 0 saturated carbocycles. The molecule has 0 spiro atoms. The number of hydrogen-bond acceptors (Lipinski definition) is 3. The lowest BCUT2D eigenvalue weighted by molar-refractivity contribution is -0.132. The third-order valence-electron chi connectivity index (χ3n) is 4.74. The van der Waals surface area contributed by atoms with E-state index in [-0.39, 0.29) is 24.9 Å². The highest BCUT2D eigenvalue weighted by Crippen LogP contribution is 2.34. The Hall–Kier alpha value is -2.89. The van der Waals surface area contributed by atoms with Gasteiger partial charge >= 0.3 is 6.03 Å². The van der Waals surface area contributed by atoms with Gasteiger partial charge in [-0.1, -0.05) is 50.1 Å². The molecule has 1 saturated heterocycles. The zero-order chi connectivity index (χ0) is 19.3. The van der Waals surface area contributed by atoms with Gasteiger partial charge in [-0.2, -0.15) is 0 Å². The minimum absolute atomic E-state index is 0.147. The number of para-hydroxylation sites is 1. The smallest absolute Gasteiger partial charge is 0.325 e. The number of nitrogens with zero attached hydrogens (tertiary/aromatic N) is 1. The lowest BCUT2D eigenvalue weighted by Crippen LogP contribution is -2.44. The van der Waals surface area contributed by atoms with Crippen LogP contribution in [-0.4, -0.2) is 30.0 Å². The van der Waals surface area contributed by atoms with E-state index in [2.05, 4.69) is 5.32 Å². The maximum absolute atomic E-state index is 13.3. The third kappa shape index (κ3) is 3.94. The van der Waals surface area contributed by atoms with Crippen LogP contribution in [0.25, 0.3) is 0 Å². The summed E-state index contributed by atoms with van der Waals surface area (Å²) in [6.07, 6.45) is 2.11. The van der Waals surface area contributed by atoms with Crippen molar-refractivity contribution >= 4 is 11.9 Å². The second-order valence-electron chi connectivity index (χ2n) is 6.56. The van der Waals surface area contributed by atoms with Crippen LogP contribution in [0.5, 0.6) is 5.75 Å². The fourth-order valence-corrected chi connectivity index (χ4v) is 3.29. The van der Waals surface area contributed by atoms with Crippen molar-refractivity contribution in [1.82, 2.24) is 10.2 Å². The van der Waals surface area contributed by atoms with Gasteiger partial charge in [0.25, 0.3) is 5.91 Å². The van der Waals surface area contributed by atoms with Gasteiger partial charge in [-0.05, 0) is 36.2 Å². The van der Waals surface area contributed by atoms with E-state index in [0.717, 1.165) is 12.8 Å². The molecule has 142 valence electrons. The van der Waals surface area contributed by atoms with Crippen LogP contribution in [0.15, 0.2) is 54.6 Å². The van der Waals surface area contributed by atoms with E-state index in [9.17, 15) is 14.0 Å². The molecule has 1 heterocycles. The summed E-state index contributed by atoms with van der Waals surface area (Å²) in [5, 5.41) is 2.85. The van der Waals surface area contributed by atoms with Crippen LogP contribution in [0.2, 0.25) is 0 Å². The molecule has 1 N–H and O–H groups in total. The van der Waals surface area contributed by atoms with Crippen molar-refractivity contribution in [1.29, 1.82) is 0 Å². The number of urea groups is 1. The molecule has 0 aliphatic carbocycles. The van der Waals surface area contributed by atoms with E-state index >= 15 is 0 Å². The van der Waals surface area contributed by atoms with Gasteiger partial charge in [-0.25, -0.2) is 9.18 Å². The SMILES string of the molecule is CCCC[C@]1(c2ccc(F)cc2)NC(=O)N(CCOc2ccccc2)C1=O. The zero-order valence-corrected chi connectivity index (χ0v) is 15.3. The Morgan fingerprint density at radius 3 is 2.44 bits per heavy atom. The number of unbranched alkanes of at least 4 members (excludes halogenated alkanes) is 1. The van der Waals surface area contributed by atoms with Gasteiger partial charge in [0.2, 0.25) is 0 Å². The van der Waals surface area contributed by atoms with Gasteiger partial charge in [0.05, 0.1) is 6.54 Å². The van der Waals surface area contributed by atoms with Gasteiger partial charge in [0, 0.05) is 0 Å². The van der Waals surface area contributed by atoms with Gasteiger partial charge in [-0.15, -0.1) is 0 Å².